The van der Waals surface area contributed by atoms with E-state index in [-0.39, 0.29) is 0 Å². The Balaban J connectivity index is 1.87. The van der Waals surface area contributed by atoms with Crippen LogP contribution in [0.4, 0.5) is 0 Å². The Labute approximate surface area is 134 Å². The predicted molar refractivity (Wildman–Crippen MR) is 93.1 cm³/mol. The van der Waals surface area contributed by atoms with E-state index in [2.05, 4.69) is 58.2 Å². The van der Waals surface area contributed by atoms with E-state index in [1.165, 1.54) is 22.0 Å². The van der Waals surface area contributed by atoms with Crippen molar-refractivity contribution in [2.45, 2.75) is 0 Å². The van der Waals surface area contributed by atoms with Crippen LogP contribution in [0, 0.1) is 0 Å². The first-order valence-electron chi connectivity index (χ1n) is 7.52. The van der Waals surface area contributed by atoms with Crippen molar-refractivity contribution >= 4 is 10.9 Å². The number of methoxy groups -OCH3 is 1. The Morgan fingerprint density at radius 2 is 1.78 bits per heavy atom. The molecular weight excluding hydrogens is 284 g/mol. The van der Waals surface area contributed by atoms with Gasteiger partial charge in [-0.1, -0.05) is 24.3 Å². The van der Waals surface area contributed by atoms with Gasteiger partial charge >= 0.3 is 0 Å². The molecule has 0 atom stereocenters. The summed E-state index contributed by atoms with van der Waals surface area (Å²) in [6.07, 6.45) is 5.76. The van der Waals surface area contributed by atoms with Crippen LogP contribution in [-0.2, 0) is 0 Å². The van der Waals surface area contributed by atoms with Gasteiger partial charge in [-0.2, -0.15) is 0 Å². The Morgan fingerprint density at radius 3 is 2.52 bits per heavy atom. The third-order valence-corrected chi connectivity index (χ3v) is 4.06. The third-order valence-electron chi connectivity index (χ3n) is 4.06. The van der Waals surface area contributed by atoms with E-state index in [9.17, 15) is 0 Å². The molecule has 3 heteroatoms. The molecule has 0 spiro atoms. The van der Waals surface area contributed by atoms with E-state index in [0.717, 1.165) is 11.4 Å². The molecule has 0 saturated heterocycles. The van der Waals surface area contributed by atoms with Crippen LogP contribution in [0.3, 0.4) is 0 Å². The Hall–Kier alpha value is -3.07. The lowest BCUT2D eigenvalue weighted by Gasteiger charge is -2.08. The van der Waals surface area contributed by atoms with Gasteiger partial charge in [-0.25, -0.2) is 0 Å². The van der Waals surface area contributed by atoms with Gasteiger partial charge in [-0.15, -0.1) is 0 Å². The van der Waals surface area contributed by atoms with E-state index in [1.54, 1.807) is 13.3 Å². The summed E-state index contributed by atoms with van der Waals surface area (Å²) in [5.41, 5.74) is 4.63. The van der Waals surface area contributed by atoms with Gasteiger partial charge < -0.3 is 9.30 Å². The molecule has 4 rings (SSSR count). The second-order valence-corrected chi connectivity index (χ2v) is 5.36. The Morgan fingerprint density at radius 1 is 0.913 bits per heavy atom. The van der Waals surface area contributed by atoms with Crippen molar-refractivity contribution in [3.63, 3.8) is 0 Å². The maximum Gasteiger partial charge on any atom is 0.118 e. The van der Waals surface area contributed by atoms with Crippen LogP contribution in [0.1, 0.15) is 0 Å². The van der Waals surface area contributed by atoms with Crippen molar-refractivity contribution in [1.29, 1.82) is 0 Å². The molecule has 0 aliphatic carbocycles. The SMILES string of the molecule is COc1ccc(-c2cccc3c2ccn3-c2cccnc2)cc1. The molecule has 112 valence electrons. The van der Waals surface area contributed by atoms with Crippen LogP contribution in [0.25, 0.3) is 27.7 Å². The zero-order valence-electron chi connectivity index (χ0n) is 12.8. The Kier molecular flexibility index (Phi) is 3.31. The van der Waals surface area contributed by atoms with Crippen LogP contribution in [0.2, 0.25) is 0 Å². The second kappa shape index (κ2) is 5.61. The minimum atomic E-state index is 0.869. The minimum absolute atomic E-state index is 0.869. The van der Waals surface area contributed by atoms with E-state index in [0.29, 0.717) is 0 Å². The van der Waals surface area contributed by atoms with Crippen molar-refractivity contribution in [2.24, 2.45) is 0 Å². The highest BCUT2D eigenvalue weighted by Crippen LogP contribution is 2.31. The lowest BCUT2D eigenvalue weighted by Crippen LogP contribution is -1.92. The molecule has 0 aliphatic heterocycles. The monoisotopic (exact) mass is 300 g/mol. The van der Waals surface area contributed by atoms with Crippen LogP contribution in [-0.4, -0.2) is 16.7 Å². The highest BCUT2D eigenvalue weighted by molar-refractivity contribution is 5.96. The van der Waals surface area contributed by atoms with Gasteiger partial charge in [0.1, 0.15) is 5.75 Å². The summed E-state index contributed by atoms with van der Waals surface area (Å²) in [5.74, 6) is 0.869. The third kappa shape index (κ3) is 2.36. The van der Waals surface area contributed by atoms with Gasteiger partial charge in [0.15, 0.2) is 0 Å². The molecule has 2 aromatic carbocycles. The second-order valence-electron chi connectivity index (χ2n) is 5.36. The summed E-state index contributed by atoms with van der Waals surface area (Å²) in [6.45, 7) is 0. The number of benzene rings is 2. The number of nitrogens with zero attached hydrogens (tertiary/aromatic N) is 2. The summed E-state index contributed by atoms with van der Waals surface area (Å²) < 4.78 is 7.41. The lowest BCUT2D eigenvalue weighted by atomic mass is 10.0. The molecule has 0 bridgehead atoms. The quantitative estimate of drug-likeness (QED) is 0.548. The summed E-state index contributed by atoms with van der Waals surface area (Å²) in [5, 5.41) is 1.22. The number of pyridine rings is 1. The zero-order chi connectivity index (χ0) is 15.6. The average molecular weight is 300 g/mol. The van der Waals surface area contributed by atoms with Crippen LogP contribution < -0.4 is 4.74 Å². The van der Waals surface area contributed by atoms with Crippen molar-refractivity contribution < 1.29 is 4.74 Å². The number of ether oxygens (including phenoxy) is 1. The maximum atomic E-state index is 5.24. The molecule has 0 unspecified atom stereocenters. The highest BCUT2D eigenvalue weighted by atomic mass is 16.5. The molecule has 0 radical (unpaired) electrons. The molecule has 23 heavy (non-hydrogen) atoms. The lowest BCUT2D eigenvalue weighted by molar-refractivity contribution is 0.415. The molecule has 4 aromatic rings. The normalized spacial score (nSPS) is 10.8. The molecule has 2 aromatic heterocycles. The number of hydrogen-bond donors (Lipinski definition) is 0. The molecule has 0 amide bonds. The van der Waals surface area contributed by atoms with Gasteiger partial charge in [0, 0.05) is 17.8 Å². The fourth-order valence-corrected chi connectivity index (χ4v) is 2.91. The van der Waals surface area contributed by atoms with E-state index in [1.807, 2.05) is 24.4 Å². The zero-order valence-corrected chi connectivity index (χ0v) is 12.8. The predicted octanol–water partition coefficient (Wildman–Crippen LogP) is 4.70. The molecule has 3 nitrogen and oxygen atoms in total. The van der Waals surface area contributed by atoms with Crippen molar-refractivity contribution in [2.75, 3.05) is 7.11 Å². The summed E-state index contributed by atoms with van der Waals surface area (Å²) in [6, 6.07) is 20.7. The first kappa shape index (κ1) is 13.6. The smallest absolute Gasteiger partial charge is 0.118 e. The summed E-state index contributed by atoms with van der Waals surface area (Å²) >= 11 is 0. The fourth-order valence-electron chi connectivity index (χ4n) is 2.91. The number of hydrogen-bond acceptors (Lipinski definition) is 2. The van der Waals surface area contributed by atoms with Gasteiger partial charge in [-0.3, -0.25) is 4.98 Å². The van der Waals surface area contributed by atoms with E-state index >= 15 is 0 Å². The van der Waals surface area contributed by atoms with Gasteiger partial charge in [0.25, 0.3) is 0 Å². The molecule has 0 saturated carbocycles. The number of aromatic nitrogens is 2. The largest absolute Gasteiger partial charge is 0.497 e. The van der Waals surface area contributed by atoms with Crippen LogP contribution in [0.15, 0.2) is 79.3 Å². The fraction of sp³-hybridized carbons (Fsp3) is 0.0500. The van der Waals surface area contributed by atoms with Crippen molar-refractivity contribution in [3.8, 4) is 22.6 Å². The van der Waals surface area contributed by atoms with Crippen molar-refractivity contribution in [1.82, 2.24) is 9.55 Å². The van der Waals surface area contributed by atoms with Crippen LogP contribution in [0.5, 0.6) is 5.75 Å². The maximum absolute atomic E-state index is 5.24. The topological polar surface area (TPSA) is 27.1 Å². The molecule has 0 fully saturated rings. The van der Waals surface area contributed by atoms with Crippen LogP contribution >= 0.6 is 0 Å². The summed E-state index contributed by atoms with van der Waals surface area (Å²) in [7, 11) is 1.68. The van der Waals surface area contributed by atoms with E-state index in [4.69, 9.17) is 4.74 Å². The molecular formula is C20H16N2O. The summed E-state index contributed by atoms with van der Waals surface area (Å²) in [4.78, 5) is 4.21. The van der Waals surface area contributed by atoms with Crippen molar-refractivity contribution in [3.05, 3.63) is 79.3 Å². The standard InChI is InChI=1S/C20H16N2O/c1-23-17-9-7-15(8-10-17)18-5-2-6-20-19(18)11-13-22(20)16-4-3-12-21-14-16/h2-14H,1H3. The molecule has 0 aliphatic rings. The first-order valence-corrected chi connectivity index (χ1v) is 7.52. The minimum Gasteiger partial charge on any atom is -0.497 e. The van der Waals surface area contributed by atoms with E-state index < -0.39 is 0 Å². The number of rotatable bonds is 3. The highest BCUT2D eigenvalue weighted by Gasteiger charge is 2.08. The van der Waals surface area contributed by atoms with Gasteiger partial charge in [-0.05, 0) is 47.5 Å². The number of fused-ring (bicyclic) bond motifs is 1. The molecule has 2 heterocycles. The first-order chi connectivity index (χ1) is 11.4. The average Bonchev–Trinajstić information content (AvgIpc) is 3.07. The molecule has 0 N–H and O–H groups in total. The van der Waals surface area contributed by atoms with Gasteiger partial charge in [0.05, 0.1) is 24.5 Å². The van der Waals surface area contributed by atoms with Gasteiger partial charge in [0.2, 0.25) is 0 Å². The Bertz CT molecular complexity index is 940.